The summed E-state index contributed by atoms with van der Waals surface area (Å²) in [5.41, 5.74) is 1.33. The second kappa shape index (κ2) is 10.0. The fraction of sp³-hybridized carbons (Fsp3) is 0.238. The molecule has 0 saturated heterocycles. The van der Waals surface area contributed by atoms with E-state index in [0.717, 1.165) is 10.2 Å². The summed E-state index contributed by atoms with van der Waals surface area (Å²) >= 11 is 1.34. The van der Waals surface area contributed by atoms with Crippen molar-refractivity contribution in [1.82, 2.24) is 4.57 Å². The summed E-state index contributed by atoms with van der Waals surface area (Å²) in [6.07, 6.45) is 2.78. The van der Waals surface area contributed by atoms with Crippen molar-refractivity contribution in [3.8, 4) is 11.5 Å². The number of carbonyl (C=O) groups excluding carboxylic acids is 1. The van der Waals surface area contributed by atoms with Gasteiger partial charge in [-0.2, -0.15) is 4.99 Å². The smallest absolute Gasteiger partial charge is 0.272 e. The standard InChI is InChI=1S/C21H21N3O6S/c1-28-10-9-23-16-12-17(29-2)18(30-3)13-19(16)31-21(23)22-20(25)8-7-14-5-4-6-15(11-14)24(26)27/h4-8,11-13H,9-10H2,1-3H3. The zero-order chi connectivity index (χ0) is 22.4. The van der Waals surface area contributed by atoms with Crippen LogP contribution in [0.25, 0.3) is 16.3 Å². The van der Waals surface area contributed by atoms with Gasteiger partial charge in [0.1, 0.15) is 0 Å². The number of nitro groups is 1. The van der Waals surface area contributed by atoms with E-state index in [-0.39, 0.29) is 5.69 Å². The third-order valence-corrected chi connectivity index (χ3v) is 5.45. The number of fused-ring (bicyclic) bond motifs is 1. The van der Waals surface area contributed by atoms with Crippen LogP contribution in [0.3, 0.4) is 0 Å². The molecule has 162 valence electrons. The van der Waals surface area contributed by atoms with Crippen molar-refractivity contribution in [2.45, 2.75) is 6.54 Å². The van der Waals surface area contributed by atoms with E-state index in [4.69, 9.17) is 14.2 Å². The molecular formula is C21H21N3O6S. The first-order valence-corrected chi connectivity index (χ1v) is 10.0. The van der Waals surface area contributed by atoms with E-state index < -0.39 is 10.8 Å². The van der Waals surface area contributed by atoms with Gasteiger partial charge in [-0.25, -0.2) is 0 Å². The largest absolute Gasteiger partial charge is 0.493 e. The van der Waals surface area contributed by atoms with Crippen LogP contribution in [0.4, 0.5) is 5.69 Å². The average molecular weight is 443 g/mol. The maximum atomic E-state index is 12.5. The van der Waals surface area contributed by atoms with Gasteiger partial charge in [-0.1, -0.05) is 23.5 Å². The van der Waals surface area contributed by atoms with Crippen LogP contribution in [-0.2, 0) is 16.1 Å². The minimum absolute atomic E-state index is 0.0450. The monoisotopic (exact) mass is 443 g/mol. The lowest BCUT2D eigenvalue weighted by Crippen LogP contribution is -2.19. The Morgan fingerprint density at radius 3 is 2.61 bits per heavy atom. The van der Waals surface area contributed by atoms with Crippen molar-refractivity contribution in [2.24, 2.45) is 4.99 Å². The molecule has 1 heterocycles. The summed E-state index contributed by atoms with van der Waals surface area (Å²) in [7, 11) is 4.72. The second-order valence-corrected chi connectivity index (χ2v) is 7.35. The van der Waals surface area contributed by atoms with Gasteiger partial charge in [0.25, 0.3) is 11.6 Å². The van der Waals surface area contributed by atoms with Gasteiger partial charge in [-0.3, -0.25) is 14.9 Å². The molecule has 0 spiro atoms. The summed E-state index contributed by atoms with van der Waals surface area (Å²) in [5.74, 6) is 0.671. The normalized spacial score (nSPS) is 11.9. The number of thiazole rings is 1. The van der Waals surface area contributed by atoms with Gasteiger partial charge in [0, 0.05) is 44.0 Å². The number of hydrogen-bond acceptors (Lipinski definition) is 7. The Kier molecular flexibility index (Phi) is 7.16. The number of non-ortho nitro benzene ring substituents is 1. The molecule has 31 heavy (non-hydrogen) atoms. The maximum Gasteiger partial charge on any atom is 0.272 e. The van der Waals surface area contributed by atoms with Gasteiger partial charge >= 0.3 is 0 Å². The first-order valence-electron chi connectivity index (χ1n) is 9.22. The van der Waals surface area contributed by atoms with Crippen molar-refractivity contribution in [3.63, 3.8) is 0 Å². The zero-order valence-corrected chi connectivity index (χ0v) is 18.0. The van der Waals surface area contributed by atoms with Crippen LogP contribution < -0.4 is 14.3 Å². The Bertz CT molecular complexity index is 1210. The maximum absolute atomic E-state index is 12.5. The highest BCUT2D eigenvalue weighted by molar-refractivity contribution is 7.16. The number of rotatable bonds is 8. The van der Waals surface area contributed by atoms with Gasteiger partial charge in [0.2, 0.25) is 0 Å². The highest BCUT2D eigenvalue weighted by atomic mass is 32.1. The Labute approximate surface area is 182 Å². The molecule has 0 atom stereocenters. The van der Waals surface area contributed by atoms with E-state index in [9.17, 15) is 14.9 Å². The molecule has 3 rings (SSSR count). The Balaban J connectivity index is 2.00. The lowest BCUT2D eigenvalue weighted by Gasteiger charge is -2.09. The van der Waals surface area contributed by atoms with E-state index >= 15 is 0 Å². The van der Waals surface area contributed by atoms with Crippen LogP contribution in [0.1, 0.15) is 5.56 Å². The molecule has 0 saturated carbocycles. The summed E-state index contributed by atoms with van der Waals surface area (Å²) in [4.78, 5) is 27.6. The van der Waals surface area contributed by atoms with Crippen LogP contribution in [0.2, 0.25) is 0 Å². The first-order chi connectivity index (χ1) is 15.0. The minimum atomic E-state index is -0.484. The number of carbonyl (C=O) groups is 1. The zero-order valence-electron chi connectivity index (χ0n) is 17.2. The van der Waals surface area contributed by atoms with E-state index in [1.165, 1.54) is 35.6 Å². The average Bonchev–Trinajstić information content (AvgIpc) is 3.10. The van der Waals surface area contributed by atoms with Gasteiger partial charge in [-0.15, -0.1) is 0 Å². The van der Waals surface area contributed by atoms with E-state index in [0.29, 0.717) is 35.0 Å². The predicted molar refractivity (Wildman–Crippen MR) is 117 cm³/mol. The number of hydrogen-bond donors (Lipinski definition) is 0. The highest BCUT2D eigenvalue weighted by Gasteiger charge is 2.13. The van der Waals surface area contributed by atoms with Crippen LogP contribution in [-0.4, -0.2) is 43.3 Å². The topological polar surface area (TPSA) is 105 Å². The van der Waals surface area contributed by atoms with Crippen molar-refractivity contribution >= 4 is 39.2 Å². The number of benzene rings is 2. The van der Waals surface area contributed by atoms with Crippen LogP contribution in [0, 0.1) is 10.1 Å². The summed E-state index contributed by atoms with van der Waals surface area (Å²) < 4.78 is 18.7. The summed E-state index contributed by atoms with van der Waals surface area (Å²) in [6, 6.07) is 9.69. The first kappa shape index (κ1) is 22.2. The van der Waals surface area contributed by atoms with E-state index in [1.54, 1.807) is 33.5 Å². The quantitative estimate of drug-likeness (QED) is 0.300. The van der Waals surface area contributed by atoms with Gasteiger partial charge in [-0.05, 0) is 11.6 Å². The molecule has 0 N–H and O–H groups in total. The SMILES string of the molecule is COCCn1c(=NC(=O)C=Cc2cccc([N+](=O)[O-])c2)sc2cc(OC)c(OC)cc21. The molecule has 1 aromatic heterocycles. The van der Waals surface area contributed by atoms with Crippen LogP contribution in [0.15, 0.2) is 47.5 Å². The Morgan fingerprint density at radius 1 is 1.19 bits per heavy atom. The van der Waals surface area contributed by atoms with Gasteiger partial charge < -0.3 is 18.8 Å². The Hall–Kier alpha value is -3.50. The fourth-order valence-electron chi connectivity index (χ4n) is 2.92. The molecule has 10 heteroatoms. The third kappa shape index (κ3) is 5.16. The molecule has 0 unspecified atom stereocenters. The van der Waals surface area contributed by atoms with Gasteiger partial charge in [0.15, 0.2) is 16.3 Å². The van der Waals surface area contributed by atoms with Crippen LogP contribution >= 0.6 is 11.3 Å². The number of amides is 1. The summed E-state index contributed by atoms with van der Waals surface area (Å²) in [5, 5.41) is 10.9. The molecule has 0 radical (unpaired) electrons. The predicted octanol–water partition coefficient (Wildman–Crippen LogP) is 3.42. The van der Waals surface area contributed by atoms with Crippen molar-refractivity contribution in [2.75, 3.05) is 27.9 Å². The molecule has 9 nitrogen and oxygen atoms in total. The fourth-order valence-corrected chi connectivity index (χ4v) is 3.99. The van der Waals surface area contributed by atoms with Crippen molar-refractivity contribution in [1.29, 1.82) is 0 Å². The number of methoxy groups -OCH3 is 3. The molecule has 1 amide bonds. The highest BCUT2D eigenvalue weighted by Crippen LogP contribution is 2.33. The summed E-state index contributed by atoms with van der Waals surface area (Å²) in [6.45, 7) is 0.928. The van der Waals surface area contributed by atoms with E-state index in [2.05, 4.69) is 4.99 Å². The van der Waals surface area contributed by atoms with Crippen molar-refractivity contribution < 1.29 is 23.9 Å². The number of nitro benzene ring substituents is 1. The van der Waals surface area contributed by atoms with Crippen molar-refractivity contribution in [3.05, 3.63) is 63.0 Å². The number of ether oxygens (including phenoxy) is 3. The molecule has 0 aliphatic rings. The molecule has 0 aliphatic carbocycles. The lowest BCUT2D eigenvalue weighted by molar-refractivity contribution is -0.384. The van der Waals surface area contributed by atoms with E-state index in [1.807, 2.05) is 16.7 Å². The van der Waals surface area contributed by atoms with Gasteiger partial charge in [0.05, 0.1) is 36.0 Å². The molecule has 2 aromatic carbocycles. The third-order valence-electron chi connectivity index (χ3n) is 4.41. The molecule has 0 aliphatic heterocycles. The minimum Gasteiger partial charge on any atom is -0.493 e. The molecule has 3 aromatic rings. The second-order valence-electron chi connectivity index (χ2n) is 6.34. The van der Waals surface area contributed by atoms with Crippen LogP contribution in [0.5, 0.6) is 11.5 Å². The molecule has 0 bridgehead atoms. The number of nitrogens with zero attached hydrogens (tertiary/aromatic N) is 3. The number of aromatic nitrogens is 1. The lowest BCUT2D eigenvalue weighted by atomic mass is 10.2. The molecular weight excluding hydrogens is 422 g/mol. The molecule has 0 fully saturated rings. The Morgan fingerprint density at radius 2 is 1.94 bits per heavy atom.